The van der Waals surface area contributed by atoms with Crippen LogP contribution in [0, 0.1) is 23.2 Å². The van der Waals surface area contributed by atoms with Crippen molar-refractivity contribution >= 4 is 17.5 Å². The number of likely N-dealkylation sites (tertiary alicyclic amines) is 1. The van der Waals surface area contributed by atoms with Gasteiger partial charge in [0.2, 0.25) is 11.9 Å². The van der Waals surface area contributed by atoms with Gasteiger partial charge in [-0.2, -0.15) is 10.2 Å². The number of nitriles is 1. The minimum absolute atomic E-state index is 0.0298. The van der Waals surface area contributed by atoms with Gasteiger partial charge in [-0.1, -0.05) is 6.07 Å². The largest absolute Gasteiger partial charge is 0.347 e. The molecule has 2 unspecified atom stereocenters. The summed E-state index contributed by atoms with van der Waals surface area (Å²) in [6.07, 6.45) is 7.40. The first-order chi connectivity index (χ1) is 15.4. The third-order valence-electron chi connectivity index (χ3n) is 8.01. The molecular formula is C23H28FN7O. The van der Waals surface area contributed by atoms with Crippen LogP contribution >= 0.6 is 0 Å². The number of fused-ring (bicyclic) bond motifs is 1. The topological polar surface area (TPSA) is 98.3 Å². The number of carbonyl (C=O) groups excluding carboxylic acids is 1. The molecule has 8 nitrogen and oxygen atoms in total. The van der Waals surface area contributed by atoms with Crippen LogP contribution in [-0.2, 0) is 4.79 Å². The third kappa shape index (κ3) is 3.32. The van der Waals surface area contributed by atoms with Gasteiger partial charge in [-0.25, -0.2) is 8.91 Å². The summed E-state index contributed by atoms with van der Waals surface area (Å²) in [6.45, 7) is 0.190. The van der Waals surface area contributed by atoms with Crippen LogP contribution in [-0.4, -0.2) is 61.8 Å². The van der Waals surface area contributed by atoms with E-state index in [-0.39, 0.29) is 36.5 Å². The van der Waals surface area contributed by atoms with E-state index in [0.29, 0.717) is 17.8 Å². The Bertz CT molecular complexity index is 1050. The molecule has 0 radical (unpaired) electrons. The van der Waals surface area contributed by atoms with E-state index in [0.717, 1.165) is 37.8 Å². The summed E-state index contributed by atoms with van der Waals surface area (Å²) in [5.41, 5.74) is 0.642. The van der Waals surface area contributed by atoms with Crippen LogP contribution in [0.5, 0.6) is 0 Å². The number of hydrogen-bond acceptors (Lipinski definition) is 6. The fraction of sp³-hybridized carbons (Fsp3) is 0.652. The van der Waals surface area contributed by atoms with Crippen molar-refractivity contribution in [1.29, 1.82) is 5.26 Å². The van der Waals surface area contributed by atoms with E-state index in [2.05, 4.69) is 26.8 Å². The van der Waals surface area contributed by atoms with Crippen molar-refractivity contribution in [3.05, 3.63) is 24.4 Å². The number of carbonyl (C=O) groups is 1. The second-order valence-corrected chi connectivity index (χ2v) is 10.5. The maximum absolute atomic E-state index is 13.8. The molecule has 4 atom stereocenters. The van der Waals surface area contributed by atoms with E-state index in [4.69, 9.17) is 0 Å². The lowest BCUT2D eigenvalue weighted by Crippen LogP contribution is -2.67. The van der Waals surface area contributed by atoms with Crippen molar-refractivity contribution in [2.75, 3.05) is 18.4 Å². The number of alkyl halides is 1. The van der Waals surface area contributed by atoms with E-state index in [9.17, 15) is 14.4 Å². The van der Waals surface area contributed by atoms with Crippen molar-refractivity contribution in [3.63, 3.8) is 0 Å². The second-order valence-electron chi connectivity index (χ2n) is 10.5. The van der Waals surface area contributed by atoms with E-state index in [1.54, 1.807) is 4.52 Å². The molecule has 4 saturated carbocycles. The number of nitrogens with zero attached hydrogens (tertiary/aromatic N) is 5. The van der Waals surface area contributed by atoms with Crippen LogP contribution in [0.2, 0.25) is 0 Å². The summed E-state index contributed by atoms with van der Waals surface area (Å²) in [5, 5.41) is 21.2. The predicted octanol–water partition coefficient (Wildman–Crippen LogP) is 2.28. The fourth-order valence-corrected chi connectivity index (χ4v) is 7.28. The molecule has 168 valence electrons. The summed E-state index contributed by atoms with van der Waals surface area (Å²) in [4.78, 5) is 18.9. The van der Waals surface area contributed by atoms with Crippen molar-refractivity contribution < 1.29 is 9.18 Å². The Morgan fingerprint density at radius 3 is 2.75 bits per heavy atom. The van der Waals surface area contributed by atoms with Gasteiger partial charge in [0.05, 0.1) is 19.2 Å². The number of rotatable bonds is 5. The number of nitrogens with one attached hydrogen (secondary N) is 2. The average molecular weight is 438 g/mol. The first kappa shape index (κ1) is 19.9. The average Bonchev–Trinajstić information content (AvgIpc) is 3.32. The maximum Gasteiger partial charge on any atom is 0.243 e. The molecular weight excluding hydrogens is 409 g/mol. The molecule has 2 aromatic heterocycles. The molecule has 4 aliphatic carbocycles. The normalized spacial score (nSPS) is 37.7. The second kappa shape index (κ2) is 7.14. The Kier molecular flexibility index (Phi) is 4.44. The molecule has 4 bridgehead atoms. The molecule has 9 heteroatoms. The number of halogens is 1. The summed E-state index contributed by atoms with van der Waals surface area (Å²) in [6, 6.07) is 7.27. The van der Waals surface area contributed by atoms with E-state index >= 15 is 0 Å². The van der Waals surface area contributed by atoms with Crippen molar-refractivity contribution in [2.45, 2.75) is 68.2 Å². The van der Waals surface area contributed by atoms with Gasteiger partial charge in [-0.3, -0.25) is 4.79 Å². The highest BCUT2D eigenvalue weighted by molar-refractivity contribution is 5.79. The Hall–Kier alpha value is -2.73. The van der Waals surface area contributed by atoms with E-state index < -0.39 is 12.2 Å². The maximum atomic E-state index is 13.8. The smallest absolute Gasteiger partial charge is 0.243 e. The fourth-order valence-electron chi connectivity index (χ4n) is 7.28. The molecule has 2 N–H and O–H groups in total. The third-order valence-corrected chi connectivity index (χ3v) is 8.01. The van der Waals surface area contributed by atoms with Crippen LogP contribution in [0.25, 0.3) is 5.65 Å². The van der Waals surface area contributed by atoms with Gasteiger partial charge in [0.1, 0.15) is 12.2 Å². The van der Waals surface area contributed by atoms with Crippen molar-refractivity contribution in [2.24, 2.45) is 11.8 Å². The zero-order chi connectivity index (χ0) is 21.9. The molecule has 3 heterocycles. The lowest BCUT2D eigenvalue weighted by atomic mass is 9.50. The van der Waals surface area contributed by atoms with Crippen molar-refractivity contribution in [1.82, 2.24) is 24.8 Å². The Morgan fingerprint density at radius 2 is 2.00 bits per heavy atom. The SMILES string of the molecule is N#C[C@@H]1C[C@H](F)CN1C(=O)CNC12CC3CC(C1)CC(Nc1nc4ccccn4n1)(C3)C2. The van der Waals surface area contributed by atoms with Crippen molar-refractivity contribution in [3.8, 4) is 6.07 Å². The number of anilines is 1. The number of amides is 1. The van der Waals surface area contributed by atoms with Gasteiger partial charge in [0, 0.05) is 23.7 Å². The molecule has 1 aliphatic heterocycles. The molecule has 1 amide bonds. The Labute approximate surface area is 186 Å². The number of hydrogen-bond donors (Lipinski definition) is 2. The Balaban J connectivity index is 1.19. The van der Waals surface area contributed by atoms with E-state index in [1.807, 2.05) is 24.4 Å². The minimum Gasteiger partial charge on any atom is -0.347 e. The molecule has 5 fully saturated rings. The zero-order valence-electron chi connectivity index (χ0n) is 18.0. The summed E-state index contributed by atoms with van der Waals surface area (Å²) < 4.78 is 15.6. The lowest BCUT2D eigenvalue weighted by molar-refractivity contribution is -0.131. The minimum atomic E-state index is -1.10. The van der Waals surface area contributed by atoms with Gasteiger partial charge >= 0.3 is 0 Å². The van der Waals surface area contributed by atoms with Crippen LogP contribution in [0.1, 0.15) is 44.9 Å². The summed E-state index contributed by atoms with van der Waals surface area (Å²) in [7, 11) is 0. The molecule has 0 spiro atoms. The van der Waals surface area contributed by atoms with Crippen LogP contribution in [0.15, 0.2) is 24.4 Å². The van der Waals surface area contributed by atoms with Gasteiger partial charge in [0.15, 0.2) is 5.65 Å². The van der Waals surface area contributed by atoms with Gasteiger partial charge in [-0.15, -0.1) is 5.10 Å². The van der Waals surface area contributed by atoms with Gasteiger partial charge < -0.3 is 15.5 Å². The highest BCUT2D eigenvalue weighted by Gasteiger charge is 2.58. The zero-order valence-corrected chi connectivity index (χ0v) is 18.0. The van der Waals surface area contributed by atoms with Crippen LogP contribution in [0.4, 0.5) is 10.3 Å². The van der Waals surface area contributed by atoms with Crippen LogP contribution in [0.3, 0.4) is 0 Å². The quantitative estimate of drug-likeness (QED) is 0.745. The summed E-state index contributed by atoms with van der Waals surface area (Å²) in [5.74, 6) is 1.71. The monoisotopic (exact) mass is 437 g/mol. The predicted molar refractivity (Wildman–Crippen MR) is 115 cm³/mol. The molecule has 0 aromatic carbocycles. The summed E-state index contributed by atoms with van der Waals surface area (Å²) >= 11 is 0. The molecule has 2 aromatic rings. The van der Waals surface area contributed by atoms with Crippen LogP contribution < -0.4 is 10.6 Å². The lowest BCUT2D eigenvalue weighted by Gasteiger charge is -2.62. The molecule has 32 heavy (non-hydrogen) atoms. The van der Waals surface area contributed by atoms with E-state index in [1.165, 1.54) is 11.3 Å². The highest BCUT2D eigenvalue weighted by Crippen LogP contribution is 2.58. The Morgan fingerprint density at radius 1 is 1.22 bits per heavy atom. The molecule has 1 saturated heterocycles. The molecule has 7 rings (SSSR count). The number of aromatic nitrogens is 3. The highest BCUT2D eigenvalue weighted by atomic mass is 19.1. The number of pyridine rings is 1. The molecule has 5 aliphatic rings. The first-order valence-electron chi connectivity index (χ1n) is 11.6. The van der Waals surface area contributed by atoms with Gasteiger partial charge in [-0.05, 0) is 62.5 Å². The van der Waals surface area contributed by atoms with Gasteiger partial charge in [0.25, 0.3) is 0 Å². The standard InChI is InChI=1S/C23H28FN7O/c24-17-6-18(11-25)30(13-17)20(32)12-26-22-7-15-5-16(8-22)10-23(9-15,14-22)28-21-27-19-3-1-2-4-31(19)29-21/h1-4,15-18,26H,5-10,12-14H2,(H,28,29)/t15?,16?,17-,18-,22?,23?/m0/s1. The first-order valence-corrected chi connectivity index (χ1v) is 11.6.